The van der Waals surface area contributed by atoms with Gasteiger partial charge >= 0.3 is 0 Å². The molecule has 2 heterocycles. The maximum Gasteiger partial charge on any atom is 0.161 e. The molecule has 0 aliphatic carbocycles. The standard InChI is InChI=1S/C14H18O3/c1-14(6-7-17-14)5-4-11-2-3-12-13(10-11)16-9-8-15-12/h2-3,10H,4-9H2,1H3. The zero-order valence-electron chi connectivity index (χ0n) is 10.2. The second-order valence-corrected chi connectivity index (χ2v) is 5.03. The summed E-state index contributed by atoms with van der Waals surface area (Å²) in [6, 6.07) is 6.22. The van der Waals surface area contributed by atoms with Gasteiger partial charge in [0.2, 0.25) is 0 Å². The van der Waals surface area contributed by atoms with Crippen LogP contribution >= 0.6 is 0 Å². The van der Waals surface area contributed by atoms with Gasteiger partial charge in [-0.2, -0.15) is 0 Å². The summed E-state index contributed by atoms with van der Waals surface area (Å²) in [6.07, 6.45) is 3.29. The largest absolute Gasteiger partial charge is 0.486 e. The Labute approximate surface area is 102 Å². The number of benzene rings is 1. The lowest BCUT2D eigenvalue weighted by molar-refractivity contribution is -0.137. The van der Waals surface area contributed by atoms with Crippen molar-refractivity contribution >= 4 is 0 Å². The first-order valence-electron chi connectivity index (χ1n) is 6.28. The van der Waals surface area contributed by atoms with Crippen LogP contribution in [-0.4, -0.2) is 25.4 Å². The van der Waals surface area contributed by atoms with Gasteiger partial charge in [0, 0.05) is 0 Å². The zero-order chi connectivity index (χ0) is 11.7. The maximum absolute atomic E-state index is 5.60. The minimum absolute atomic E-state index is 0.104. The molecule has 0 saturated carbocycles. The monoisotopic (exact) mass is 234 g/mol. The molecule has 0 radical (unpaired) electrons. The van der Waals surface area contributed by atoms with Crippen LogP contribution in [-0.2, 0) is 11.2 Å². The first-order valence-corrected chi connectivity index (χ1v) is 6.28. The van der Waals surface area contributed by atoms with Gasteiger partial charge < -0.3 is 14.2 Å². The van der Waals surface area contributed by atoms with E-state index in [1.807, 2.05) is 6.07 Å². The van der Waals surface area contributed by atoms with E-state index in [1.54, 1.807) is 0 Å². The van der Waals surface area contributed by atoms with Crippen LogP contribution in [0.1, 0.15) is 25.3 Å². The van der Waals surface area contributed by atoms with Crippen LogP contribution < -0.4 is 9.47 Å². The predicted octanol–water partition coefficient (Wildman–Crippen LogP) is 2.57. The van der Waals surface area contributed by atoms with Crippen molar-refractivity contribution in [2.75, 3.05) is 19.8 Å². The minimum atomic E-state index is 0.104. The number of aryl methyl sites for hydroxylation is 1. The van der Waals surface area contributed by atoms with E-state index in [9.17, 15) is 0 Å². The summed E-state index contributed by atoms with van der Waals surface area (Å²) in [6.45, 7) is 4.40. The van der Waals surface area contributed by atoms with E-state index in [4.69, 9.17) is 14.2 Å². The minimum Gasteiger partial charge on any atom is -0.486 e. The van der Waals surface area contributed by atoms with Gasteiger partial charge in [0.15, 0.2) is 11.5 Å². The van der Waals surface area contributed by atoms with E-state index in [0.717, 1.165) is 30.9 Å². The zero-order valence-corrected chi connectivity index (χ0v) is 10.2. The lowest BCUT2D eigenvalue weighted by Crippen LogP contribution is -2.40. The summed E-state index contributed by atoms with van der Waals surface area (Å²) in [5.74, 6) is 1.75. The summed E-state index contributed by atoms with van der Waals surface area (Å²) < 4.78 is 16.7. The molecule has 92 valence electrons. The van der Waals surface area contributed by atoms with Gasteiger partial charge in [-0.15, -0.1) is 0 Å². The number of hydrogen-bond acceptors (Lipinski definition) is 3. The fraction of sp³-hybridized carbons (Fsp3) is 0.571. The average molecular weight is 234 g/mol. The fourth-order valence-corrected chi connectivity index (χ4v) is 2.30. The molecule has 1 unspecified atom stereocenters. The second-order valence-electron chi connectivity index (χ2n) is 5.03. The molecule has 2 aliphatic heterocycles. The predicted molar refractivity (Wildman–Crippen MR) is 64.7 cm³/mol. The second kappa shape index (κ2) is 4.22. The van der Waals surface area contributed by atoms with Crippen LogP contribution in [0.15, 0.2) is 18.2 Å². The maximum atomic E-state index is 5.60. The molecular formula is C14H18O3. The molecule has 1 aromatic rings. The van der Waals surface area contributed by atoms with Crippen LogP contribution in [0.3, 0.4) is 0 Å². The average Bonchev–Trinajstić information content (AvgIpc) is 2.34. The molecule has 3 nitrogen and oxygen atoms in total. The third kappa shape index (κ3) is 2.25. The molecular weight excluding hydrogens is 216 g/mol. The molecule has 3 rings (SSSR count). The van der Waals surface area contributed by atoms with E-state index in [1.165, 1.54) is 12.0 Å². The van der Waals surface area contributed by atoms with Crippen LogP contribution in [0.25, 0.3) is 0 Å². The van der Waals surface area contributed by atoms with Crippen LogP contribution in [0, 0.1) is 0 Å². The lowest BCUT2D eigenvalue weighted by atomic mass is 9.90. The summed E-state index contributed by atoms with van der Waals surface area (Å²) in [4.78, 5) is 0. The molecule has 0 spiro atoms. The van der Waals surface area contributed by atoms with Crippen LogP contribution in [0.5, 0.6) is 11.5 Å². The van der Waals surface area contributed by atoms with E-state index < -0.39 is 0 Å². The Kier molecular flexibility index (Phi) is 2.71. The van der Waals surface area contributed by atoms with Crippen LogP contribution in [0.4, 0.5) is 0 Å². The van der Waals surface area contributed by atoms with Gasteiger partial charge in [-0.1, -0.05) is 6.07 Å². The Morgan fingerprint density at radius 3 is 2.59 bits per heavy atom. The first kappa shape index (κ1) is 10.9. The molecule has 1 aromatic carbocycles. The summed E-state index contributed by atoms with van der Waals surface area (Å²) in [5, 5.41) is 0. The van der Waals surface area contributed by atoms with Gasteiger partial charge in [-0.25, -0.2) is 0 Å². The fourth-order valence-electron chi connectivity index (χ4n) is 2.30. The number of ether oxygens (including phenoxy) is 3. The SMILES string of the molecule is CC1(CCc2ccc3c(c2)OCCO3)CCO1. The van der Waals surface area contributed by atoms with Crippen molar-refractivity contribution in [1.82, 2.24) is 0 Å². The molecule has 1 atom stereocenters. The van der Waals surface area contributed by atoms with Crippen LogP contribution in [0.2, 0.25) is 0 Å². The smallest absolute Gasteiger partial charge is 0.161 e. The van der Waals surface area contributed by atoms with Gasteiger partial charge in [-0.3, -0.25) is 0 Å². The molecule has 2 aliphatic rings. The van der Waals surface area contributed by atoms with Crippen molar-refractivity contribution in [3.63, 3.8) is 0 Å². The van der Waals surface area contributed by atoms with E-state index in [-0.39, 0.29) is 5.60 Å². The first-order chi connectivity index (χ1) is 8.25. The van der Waals surface area contributed by atoms with Gasteiger partial charge in [0.25, 0.3) is 0 Å². The van der Waals surface area contributed by atoms with Crippen molar-refractivity contribution in [2.24, 2.45) is 0 Å². The highest BCUT2D eigenvalue weighted by molar-refractivity contribution is 5.43. The highest BCUT2D eigenvalue weighted by atomic mass is 16.6. The number of hydrogen-bond donors (Lipinski definition) is 0. The molecule has 3 heteroatoms. The van der Waals surface area contributed by atoms with Crippen molar-refractivity contribution in [3.8, 4) is 11.5 Å². The van der Waals surface area contributed by atoms with E-state index in [2.05, 4.69) is 19.1 Å². The summed E-state index contributed by atoms with van der Waals surface area (Å²) >= 11 is 0. The van der Waals surface area contributed by atoms with Crippen molar-refractivity contribution < 1.29 is 14.2 Å². The molecule has 1 saturated heterocycles. The molecule has 17 heavy (non-hydrogen) atoms. The Hall–Kier alpha value is -1.22. The molecule has 0 N–H and O–H groups in total. The van der Waals surface area contributed by atoms with E-state index >= 15 is 0 Å². The Morgan fingerprint density at radius 2 is 1.88 bits per heavy atom. The Balaban J connectivity index is 1.67. The van der Waals surface area contributed by atoms with Gasteiger partial charge in [0.1, 0.15) is 13.2 Å². The summed E-state index contributed by atoms with van der Waals surface area (Å²) in [7, 11) is 0. The lowest BCUT2D eigenvalue weighted by Gasteiger charge is -2.38. The third-order valence-corrected chi connectivity index (χ3v) is 3.63. The third-order valence-electron chi connectivity index (χ3n) is 3.63. The molecule has 0 aromatic heterocycles. The highest BCUT2D eigenvalue weighted by Gasteiger charge is 2.32. The molecule has 1 fully saturated rings. The quantitative estimate of drug-likeness (QED) is 0.804. The normalized spacial score (nSPS) is 26.4. The molecule has 0 amide bonds. The summed E-state index contributed by atoms with van der Waals surface area (Å²) in [5.41, 5.74) is 1.40. The topological polar surface area (TPSA) is 27.7 Å². The number of rotatable bonds is 3. The van der Waals surface area contributed by atoms with Crippen molar-refractivity contribution in [1.29, 1.82) is 0 Å². The van der Waals surface area contributed by atoms with Crippen molar-refractivity contribution in [2.45, 2.75) is 31.8 Å². The number of fused-ring (bicyclic) bond motifs is 1. The Bertz CT molecular complexity index is 410. The Morgan fingerprint density at radius 1 is 1.12 bits per heavy atom. The van der Waals surface area contributed by atoms with Gasteiger partial charge in [0.05, 0.1) is 12.2 Å². The van der Waals surface area contributed by atoms with Gasteiger partial charge in [-0.05, 0) is 43.9 Å². The molecule has 0 bridgehead atoms. The van der Waals surface area contributed by atoms with E-state index in [0.29, 0.717) is 13.2 Å². The highest BCUT2D eigenvalue weighted by Crippen LogP contribution is 2.34. The van der Waals surface area contributed by atoms with Crippen molar-refractivity contribution in [3.05, 3.63) is 23.8 Å².